The van der Waals surface area contributed by atoms with E-state index in [1.165, 1.54) is 20.5 Å². The van der Waals surface area contributed by atoms with Gasteiger partial charge >= 0.3 is 5.97 Å². The van der Waals surface area contributed by atoms with Crippen molar-refractivity contribution >= 4 is 5.97 Å². The second-order valence-electron chi connectivity index (χ2n) is 5.15. The van der Waals surface area contributed by atoms with Crippen LogP contribution in [-0.2, 0) is 14.3 Å². The molecule has 6 nitrogen and oxygen atoms in total. The quantitative estimate of drug-likeness (QED) is 0.466. The second-order valence-corrected chi connectivity index (χ2v) is 5.15. The topological polar surface area (TPSA) is 62.6 Å². The molecule has 0 aliphatic heterocycles. The lowest BCUT2D eigenvalue weighted by Gasteiger charge is -2.09. The summed E-state index contributed by atoms with van der Waals surface area (Å²) in [6.07, 6.45) is 3.09. The summed E-state index contributed by atoms with van der Waals surface area (Å²) in [6, 6.07) is 9.22. The zero-order valence-electron chi connectivity index (χ0n) is 13.6. The van der Waals surface area contributed by atoms with Gasteiger partial charge in [0.25, 0.3) is 0 Å². The predicted molar refractivity (Wildman–Crippen MR) is 85.4 cm³/mol. The molecule has 0 radical (unpaired) electrons. The Balaban J connectivity index is 2.25. The van der Waals surface area contributed by atoms with Crippen molar-refractivity contribution in [2.24, 2.45) is 0 Å². The van der Waals surface area contributed by atoms with Gasteiger partial charge in [0.1, 0.15) is 12.0 Å². The van der Waals surface area contributed by atoms with E-state index in [0.29, 0.717) is 11.7 Å². The number of carbonyl (C=O) groups is 1. The van der Waals surface area contributed by atoms with E-state index in [4.69, 9.17) is 9.47 Å². The summed E-state index contributed by atoms with van der Waals surface area (Å²) in [5.74, 6) is 0.193. The van der Waals surface area contributed by atoms with Gasteiger partial charge in [-0.05, 0) is 24.1 Å². The van der Waals surface area contributed by atoms with Crippen LogP contribution in [0.5, 0.6) is 5.75 Å². The van der Waals surface area contributed by atoms with Crippen molar-refractivity contribution in [3.8, 4) is 11.4 Å². The molecular formula is C17H20N2O4. The van der Waals surface area contributed by atoms with Gasteiger partial charge in [-0.2, -0.15) is 5.10 Å². The first-order valence-corrected chi connectivity index (χ1v) is 7.20. The molecule has 0 saturated carbocycles. The molecule has 0 amide bonds. The van der Waals surface area contributed by atoms with Crippen molar-refractivity contribution in [2.45, 2.75) is 19.8 Å². The molecule has 122 valence electrons. The summed E-state index contributed by atoms with van der Waals surface area (Å²) in [5.41, 5.74) is 1.84. The number of carbonyl (C=O) groups excluding carboxylic acids is 1. The van der Waals surface area contributed by atoms with Crippen LogP contribution >= 0.6 is 0 Å². The molecule has 2 aromatic rings. The molecule has 0 bridgehead atoms. The van der Waals surface area contributed by atoms with Crippen LogP contribution in [0.2, 0.25) is 0 Å². The first kappa shape index (κ1) is 16.6. The Morgan fingerprint density at radius 3 is 2.65 bits per heavy atom. The van der Waals surface area contributed by atoms with Crippen molar-refractivity contribution in [1.29, 1.82) is 0 Å². The van der Waals surface area contributed by atoms with Gasteiger partial charge in [-0.15, -0.1) is 0 Å². The smallest absolute Gasteiger partial charge is 0.377 e. The Hall–Kier alpha value is -2.76. The maximum atomic E-state index is 11.6. The highest BCUT2D eigenvalue weighted by Crippen LogP contribution is 2.20. The van der Waals surface area contributed by atoms with Crippen molar-refractivity contribution < 1.29 is 19.0 Å². The van der Waals surface area contributed by atoms with Crippen LogP contribution in [0.4, 0.5) is 0 Å². The van der Waals surface area contributed by atoms with Crippen LogP contribution in [-0.4, -0.2) is 30.0 Å². The van der Waals surface area contributed by atoms with Crippen LogP contribution in [0.25, 0.3) is 5.69 Å². The minimum absolute atomic E-state index is 0.0320. The third-order valence-corrected chi connectivity index (χ3v) is 3.12. The molecule has 0 atom stereocenters. The van der Waals surface area contributed by atoms with E-state index in [9.17, 15) is 4.79 Å². The Bertz CT molecular complexity index is 704. The first-order valence-electron chi connectivity index (χ1n) is 7.20. The van der Waals surface area contributed by atoms with E-state index < -0.39 is 5.97 Å². The molecule has 0 spiro atoms. The predicted octanol–water partition coefficient (Wildman–Crippen LogP) is 3.04. The van der Waals surface area contributed by atoms with E-state index >= 15 is 0 Å². The number of hydrogen-bond acceptors (Lipinski definition) is 5. The number of hydrogen-bond donors (Lipinski definition) is 0. The molecule has 1 aromatic carbocycles. The molecular weight excluding hydrogens is 296 g/mol. The molecule has 2 rings (SSSR count). The van der Waals surface area contributed by atoms with E-state index in [-0.39, 0.29) is 5.76 Å². The lowest BCUT2D eigenvalue weighted by atomic mass is 10.1. The Morgan fingerprint density at radius 1 is 1.26 bits per heavy atom. The van der Waals surface area contributed by atoms with Crippen molar-refractivity contribution in [1.82, 2.24) is 9.78 Å². The van der Waals surface area contributed by atoms with Gasteiger partial charge < -0.3 is 14.2 Å². The maximum Gasteiger partial charge on any atom is 0.377 e. The SMILES string of the molecule is CO/C=C(\Oc1cccc(-n2ccc(C(C)C)n2)c1)C(=O)OC. The van der Waals surface area contributed by atoms with E-state index in [0.717, 1.165) is 11.4 Å². The summed E-state index contributed by atoms with van der Waals surface area (Å²) in [6.45, 7) is 4.18. The summed E-state index contributed by atoms with van der Waals surface area (Å²) in [4.78, 5) is 11.6. The van der Waals surface area contributed by atoms with Crippen LogP contribution in [0.1, 0.15) is 25.5 Å². The summed E-state index contributed by atoms with van der Waals surface area (Å²) in [5, 5.41) is 4.52. The minimum atomic E-state index is -0.613. The molecule has 1 aromatic heterocycles. The third-order valence-electron chi connectivity index (χ3n) is 3.12. The normalized spacial score (nSPS) is 11.4. The summed E-state index contributed by atoms with van der Waals surface area (Å²) >= 11 is 0. The molecule has 0 aliphatic rings. The number of rotatable bonds is 6. The number of ether oxygens (including phenoxy) is 3. The summed E-state index contributed by atoms with van der Waals surface area (Å²) in [7, 11) is 2.71. The molecule has 6 heteroatoms. The van der Waals surface area contributed by atoms with E-state index in [1.54, 1.807) is 16.8 Å². The van der Waals surface area contributed by atoms with Crippen molar-refractivity contribution in [2.75, 3.05) is 14.2 Å². The standard InChI is InChI=1S/C17H20N2O4/c1-12(2)15-8-9-19(18-15)13-6-5-7-14(10-13)23-16(11-21-3)17(20)22-4/h5-12H,1-4H3/b16-11-. The zero-order chi connectivity index (χ0) is 16.8. The number of benzene rings is 1. The first-order chi connectivity index (χ1) is 11.0. The monoisotopic (exact) mass is 316 g/mol. The van der Waals surface area contributed by atoms with Crippen LogP contribution < -0.4 is 4.74 Å². The second kappa shape index (κ2) is 7.49. The van der Waals surface area contributed by atoms with Gasteiger partial charge in [-0.1, -0.05) is 19.9 Å². The fraction of sp³-hybridized carbons (Fsp3) is 0.294. The molecule has 1 heterocycles. The van der Waals surface area contributed by atoms with E-state index in [2.05, 4.69) is 23.7 Å². The summed E-state index contributed by atoms with van der Waals surface area (Å²) < 4.78 is 16.8. The van der Waals surface area contributed by atoms with Gasteiger partial charge in [0.05, 0.1) is 25.6 Å². The fourth-order valence-corrected chi connectivity index (χ4v) is 1.93. The van der Waals surface area contributed by atoms with Gasteiger partial charge in [0, 0.05) is 12.3 Å². The molecule has 0 N–H and O–H groups in total. The van der Waals surface area contributed by atoms with E-state index in [1.807, 2.05) is 24.4 Å². The number of methoxy groups -OCH3 is 2. The molecule has 0 aliphatic carbocycles. The highest BCUT2D eigenvalue weighted by Gasteiger charge is 2.14. The third kappa shape index (κ3) is 4.12. The van der Waals surface area contributed by atoms with Gasteiger partial charge in [-0.25, -0.2) is 9.48 Å². The zero-order valence-corrected chi connectivity index (χ0v) is 13.6. The van der Waals surface area contributed by atoms with Crippen LogP contribution in [0, 0.1) is 0 Å². The Morgan fingerprint density at radius 2 is 2.04 bits per heavy atom. The van der Waals surface area contributed by atoms with Gasteiger partial charge in [-0.3, -0.25) is 0 Å². The highest BCUT2D eigenvalue weighted by atomic mass is 16.6. The maximum absolute atomic E-state index is 11.6. The molecule has 23 heavy (non-hydrogen) atoms. The Labute approximate surface area is 135 Å². The average Bonchev–Trinajstić information content (AvgIpc) is 3.04. The molecule has 0 saturated heterocycles. The fourth-order valence-electron chi connectivity index (χ4n) is 1.93. The van der Waals surface area contributed by atoms with Gasteiger partial charge in [0.15, 0.2) is 0 Å². The van der Waals surface area contributed by atoms with Crippen molar-refractivity contribution in [3.63, 3.8) is 0 Å². The number of nitrogens with zero attached hydrogens (tertiary/aromatic N) is 2. The number of aromatic nitrogens is 2. The average molecular weight is 316 g/mol. The Kier molecular flexibility index (Phi) is 5.41. The van der Waals surface area contributed by atoms with Crippen LogP contribution in [0.15, 0.2) is 48.5 Å². The van der Waals surface area contributed by atoms with Crippen molar-refractivity contribution in [3.05, 3.63) is 54.2 Å². The molecule has 0 fully saturated rings. The lowest BCUT2D eigenvalue weighted by molar-refractivity contribution is -0.138. The largest absolute Gasteiger partial charge is 0.500 e. The van der Waals surface area contributed by atoms with Crippen LogP contribution in [0.3, 0.4) is 0 Å². The van der Waals surface area contributed by atoms with Gasteiger partial charge in [0.2, 0.25) is 5.76 Å². The minimum Gasteiger partial charge on any atom is -0.500 e. The molecule has 0 unspecified atom stereocenters. The lowest BCUT2D eigenvalue weighted by Crippen LogP contribution is -2.11. The highest BCUT2D eigenvalue weighted by molar-refractivity contribution is 5.86. The number of esters is 1.